The summed E-state index contributed by atoms with van der Waals surface area (Å²) >= 11 is 0. The topological polar surface area (TPSA) is 67.3 Å². The number of carbonyl (C=O) groups is 1. The summed E-state index contributed by atoms with van der Waals surface area (Å²) in [6.45, 7) is 1.52. The Kier molecular flexibility index (Phi) is 4.94. The van der Waals surface area contributed by atoms with E-state index in [0.29, 0.717) is 11.6 Å². The van der Waals surface area contributed by atoms with Gasteiger partial charge in [-0.25, -0.2) is 0 Å². The largest absolute Gasteiger partial charge is 0.497 e. The summed E-state index contributed by atoms with van der Waals surface area (Å²) in [5.74, 6) is 1.41. The first-order valence-corrected chi connectivity index (χ1v) is 9.65. The number of aromatic amines is 1. The number of rotatable bonds is 4. The molecule has 3 heterocycles. The van der Waals surface area contributed by atoms with Crippen LogP contribution in [-0.2, 0) is 13.5 Å². The lowest BCUT2D eigenvalue weighted by atomic mass is 9.90. The zero-order valence-electron chi connectivity index (χ0n) is 16.3. The summed E-state index contributed by atoms with van der Waals surface area (Å²) in [5.41, 5.74) is 2.81. The van der Waals surface area contributed by atoms with Gasteiger partial charge < -0.3 is 19.2 Å². The molecule has 0 unspecified atom stereocenters. The Bertz CT molecular complexity index is 1040. The number of benzene rings is 1. The van der Waals surface area contributed by atoms with Crippen LogP contribution in [0.5, 0.6) is 5.75 Å². The number of hydrogen-bond donors (Lipinski definition) is 1. The van der Waals surface area contributed by atoms with Crippen LogP contribution in [0.2, 0.25) is 0 Å². The molecular weight excluding hydrogens is 354 g/mol. The molecule has 6 heteroatoms. The number of fused-ring (bicyclic) bond motifs is 1. The first-order valence-electron chi connectivity index (χ1n) is 9.65. The number of piperidine rings is 1. The lowest BCUT2D eigenvalue weighted by Gasteiger charge is -2.32. The second-order valence-corrected chi connectivity index (χ2v) is 7.51. The van der Waals surface area contributed by atoms with Crippen LogP contribution in [0, 0.1) is 5.92 Å². The third kappa shape index (κ3) is 3.54. The van der Waals surface area contributed by atoms with E-state index in [1.165, 1.54) is 0 Å². The number of nitrogens with one attached hydrogen (secondary N) is 1. The Balaban J connectivity index is 1.43. The Morgan fingerprint density at radius 3 is 2.64 bits per heavy atom. The SMILES string of the molecule is COc1ccc2c(c1)cc(C(=O)N1CCC(Cc3ccc(=O)[nH]c3)CC1)n2C. The lowest BCUT2D eigenvalue weighted by molar-refractivity contribution is 0.0681. The highest BCUT2D eigenvalue weighted by molar-refractivity contribution is 5.99. The van der Waals surface area contributed by atoms with E-state index in [0.717, 1.165) is 54.6 Å². The van der Waals surface area contributed by atoms with Gasteiger partial charge in [0.15, 0.2) is 0 Å². The molecule has 1 aromatic carbocycles. The van der Waals surface area contributed by atoms with Crippen LogP contribution in [0.15, 0.2) is 47.4 Å². The van der Waals surface area contributed by atoms with Gasteiger partial charge in [-0.3, -0.25) is 9.59 Å². The maximum absolute atomic E-state index is 13.1. The van der Waals surface area contributed by atoms with Crippen molar-refractivity contribution in [1.29, 1.82) is 0 Å². The molecule has 4 rings (SSSR count). The summed E-state index contributed by atoms with van der Waals surface area (Å²) < 4.78 is 7.25. The minimum atomic E-state index is -0.0725. The van der Waals surface area contributed by atoms with E-state index in [9.17, 15) is 9.59 Å². The quantitative estimate of drug-likeness (QED) is 0.758. The second-order valence-electron chi connectivity index (χ2n) is 7.51. The average molecular weight is 379 g/mol. The molecule has 1 amide bonds. The minimum Gasteiger partial charge on any atom is -0.497 e. The van der Waals surface area contributed by atoms with Crippen molar-refractivity contribution in [3.05, 3.63) is 64.2 Å². The first kappa shape index (κ1) is 18.3. The smallest absolute Gasteiger partial charge is 0.270 e. The maximum atomic E-state index is 13.1. The normalized spacial score (nSPS) is 15.1. The molecule has 1 N–H and O–H groups in total. The van der Waals surface area contributed by atoms with Crippen LogP contribution in [0.1, 0.15) is 28.9 Å². The highest BCUT2D eigenvalue weighted by atomic mass is 16.5. The summed E-state index contributed by atoms with van der Waals surface area (Å²) in [4.78, 5) is 29.0. The Hall–Kier alpha value is -3.02. The monoisotopic (exact) mass is 379 g/mol. The summed E-state index contributed by atoms with van der Waals surface area (Å²) in [5, 5.41) is 1.01. The Morgan fingerprint density at radius 2 is 1.96 bits per heavy atom. The van der Waals surface area contributed by atoms with Crippen molar-refractivity contribution >= 4 is 16.8 Å². The fourth-order valence-corrected chi connectivity index (χ4v) is 4.06. The van der Waals surface area contributed by atoms with Crippen molar-refractivity contribution in [2.75, 3.05) is 20.2 Å². The van der Waals surface area contributed by atoms with Gasteiger partial charge >= 0.3 is 0 Å². The van der Waals surface area contributed by atoms with Crippen LogP contribution >= 0.6 is 0 Å². The minimum absolute atomic E-state index is 0.0725. The predicted molar refractivity (Wildman–Crippen MR) is 109 cm³/mol. The molecule has 0 spiro atoms. The molecule has 1 aliphatic heterocycles. The lowest BCUT2D eigenvalue weighted by Crippen LogP contribution is -2.39. The molecule has 1 aliphatic rings. The van der Waals surface area contributed by atoms with Gasteiger partial charge in [-0.15, -0.1) is 0 Å². The fraction of sp³-hybridized carbons (Fsp3) is 0.364. The standard InChI is InChI=1S/C22H25N3O3/c1-24-19-5-4-18(28-2)12-17(19)13-20(24)22(27)25-9-7-15(8-10-25)11-16-3-6-21(26)23-14-16/h3-6,12-15H,7-11H2,1-2H3,(H,23,26). The van der Waals surface area contributed by atoms with E-state index < -0.39 is 0 Å². The van der Waals surface area contributed by atoms with E-state index in [4.69, 9.17) is 4.74 Å². The van der Waals surface area contributed by atoms with Crippen LogP contribution in [0.4, 0.5) is 0 Å². The molecule has 0 bridgehead atoms. The number of methoxy groups -OCH3 is 1. The molecule has 0 aliphatic carbocycles. The first-order chi connectivity index (χ1) is 13.5. The number of H-pyrrole nitrogens is 1. The maximum Gasteiger partial charge on any atom is 0.270 e. The van der Waals surface area contributed by atoms with Gasteiger partial charge in [0, 0.05) is 43.3 Å². The number of ether oxygens (including phenoxy) is 1. The van der Waals surface area contributed by atoms with E-state index in [1.807, 2.05) is 46.8 Å². The van der Waals surface area contributed by atoms with Crippen molar-refractivity contribution in [3.63, 3.8) is 0 Å². The molecule has 1 fully saturated rings. The van der Waals surface area contributed by atoms with Crippen LogP contribution < -0.4 is 10.3 Å². The zero-order chi connectivity index (χ0) is 19.7. The number of nitrogens with zero attached hydrogens (tertiary/aromatic N) is 2. The van der Waals surface area contributed by atoms with Crippen molar-refractivity contribution in [2.45, 2.75) is 19.3 Å². The number of amides is 1. The van der Waals surface area contributed by atoms with E-state index in [2.05, 4.69) is 4.98 Å². The summed E-state index contributed by atoms with van der Waals surface area (Å²) in [7, 11) is 3.58. The van der Waals surface area contributed by atoms with Crippen LogP contribution in [-0.4, -0.2) is 40.6 Å². The van der Waals surface area contributed by atoms with Gasteiger partial charge in [0.25, 0.3) is 5.91 Å². The molecule has 2 aromatic heterocycles. The highest BCUT2D eigenvalue weighted by Crippen LogP contribution is 2.26. The molecule has 3 aromatic rings. The molecule has 28 heavy (non-hydrogen) atoms. The van der Waals surface area contributed by atoms with Gasteiger partial charge in [-0.1, -0.05) is 6.07 Å². The molecule has 0 saturated carbocycles. The second kappa shape index (κ2) is 7.54. The van der Waals surface area contributed by atoms with Crippen molar-refractivity contribution in [2.24, 2.45) is 13.0 Å². The summed E-state index contributed by atoms with van der Waals surface area (Å²) in [6, 6.07) is 11.3. The molecule has 146 valence electrons. The van der Waals surface area contributed by atoms with Gasteiger partial charge in [0.2, 0.25) is 5.56 Å². The third-order valence-corrected chi connectivity index (χ3v) is 5.74. The number of likely N-dealkylation sites (tertiary alicyclic amines) is 1. The fourth-order valence-electron chi connectivity index (χ4n) is 4.06. The number of aryl methyl sites for hydroxylation is 1. The Morgan fingerprint density at radius 1 is 1.18 bits per heavy atom. The number of aromatic nitrogens is 2. The third-order valence-electron chi connectivity index (χ3n) is 5.74. The number of hydrogen-bond acceptors (Lipinski definition) is 3. The number of carbonyl (C=O) groups excluding carboxylic acids is 1. The molecule has 0 atom stereocenters. The predicted octanol–water partition coefficient (Wildman–Crippen LogP) is 2.97. The van der Waals surface area contributed by atoms with E-state index in [-0.39, 0.29) is 11.5 Å². The summed E-state index contributed by atoms with van der Waals surface area (Å²) in [6.07, 6.45) is 4.68. The van der Waals surface area contributed by atoms with Crippen molar-refractivity contribution in [3.8, 4) is 5.75 Å². The van der Waals surface area contributed by atoms with Gasteiger partial charge in [-0.2, -0.15) is 0 Å². The van der Waals surface area contributed by atoms with Crippen molar-refractivity contribution < 1.29 is 9.53 Å². The van der Waals surface area contributed by atoms with Crippen LogP contribution in [0.3, 0.4) is 0 Å². The van der Waals surface area contributed by atoms with E-state index in [1.54, 1.807) is 19.4 Å². The molecule has 6 nitrogen and oxygen atoms in total. The molecular formula is C22H25N3O3. The van der Waals surface area contributed by atoms with Crippen molar-refractivity contribution in [1.82, 2.24) is 14.5 Å². The highest BCUT2D eigenvalue weighted by Gasteiger charge is 2.26. The van der Waals surface area contributed by atoms with Gasteiger partial charge in [0.05, 0.1) is 7.11 Å². The molecule has 1 saturated heterocycles. The van der Waals surface area contributed by atoms with Gasteiger partial charge in [-0.05, 0) is 55.0 Å². The van der Waals surface area contributed by atoms with Crippen LogP contribution in [0.25, 0.3) is 10.9 Å². The van der Waals surface area contributed by atoms with E-state index >= 15 is 0 Å². The zero-order valence-corrected chi connectivity index (χ0v) is 16.3. The molecule has 0 radical (unpaired) electrons. The Labute approximate surface area is 163 Å². The number of pyridine rings is 1. The van der Waals surface area contributed by atoms with Gasteiger partial charge in [0.1, 0.15) is 11.4 Å². The average Bonchev–Trinajstić information content (AvgIpc) is 3.05.